The third-order valence-electron chi connectivity index (χ3n) is 2.19. The first-order valence-corrected chi connectivity index (χ1v) is 6.48. The normalized spacial score (nSPS) is 22.2. The van der Waals surface area contributed by atoms with Gasteiger partial charge in [-0.2, -0.15) is 11.8 Å². The first-order valence-electron chi connectivity index (χ1n) is 5.32. The summed E-state index contributed by atoms with van der Waals surface area (Å²) in [6.45, 7) is 8.25. The van der Waals surface area contributed by atoms with Crippen molar-refractivity contribution in [1.29, 1.82) is 0 Å². The summed E-state index contributed by atoms with van der Waals surface area (Å²) in [4.78, 5) is 0. The fraction of sp³-hybridized carbons (Fsp3) is 0.818. The third-order valence-corrected chi connectivity index (χ3v) is 3.40. The molecule has 1 fully saturated rings. The molecule has 0 aliphatic carbocycles. The predicted octanol–water partition coefficient (Wildman–Crippen LogP) is 2.06. The highest BCUT2D eigenvalue weighted by molar-refractivity contribution is 7.99. The highest BCUT2D eigenvalue weighted by Gasteiger charge is 2.11. The zero-order valence-electron chi connectivity index (χ0n) is 9.05. The molecule has 0 aromatic rings. The van der Waals surface area contributed by atoms with Gasteiger partial charge >= 0.3 is 0 Å². The second-order valence-electron chi connectivity index (χ2n) is 3.88. The average molecular weight is 215 g/mol. The Morgan fingerprint density at radius 2 is 2.50 bits per heavy atom. The second-order valence-corrected chi connectivity index (χ2v) is 5.03. The number of hydrogen-bond acceptors (Lipinski definition) is 3. The van der Waals surface area contributed by atoms with Crippen molar-refractivity contribution in [3.05, 3.63) is 12.2 Å². The Morgan fingerprint density at radius 3 is 3.14 bits per heavy atom. The highest BCUT2D eigenvalue weighted by atomic mass is 32.2. The standard InChI is InChI=1S/C11H21NOS/c1-10(2)8-13-6-5-12-11-4-3-7-14-9-11/h11-12H,1,3-9H2,2H3/t11-/m0/s1. The maximum Gasteiger partial charge on any atom is 0.0672 e. The topological polar surface area (TPSA) is 21.3 Å². The van der Waals surface area contributed by atoms with E-state index < -0.39 is 0 Å². The van der Waals surface area contributed by atoms with E-state index in [1.165, 1.54) is 24.3 Å². The number of thioether (sulfide) groups is 1. The lowest BCUT2D eigenvalue weighted by Crippen LogP contribution is -2.35. The Bertz CT molecular complexity index is 167. The molecule has 1 atom stereocenters. The minimum atomic E-state index is 0.696. The van der Waals surface area contributed by atoms with Gasteiger partial charge in [0.1, 0.15) is 0 Å². The lowest BCUT2D eigenvalue weighted by molar-refractivity contribution is 0.155. The van der Waals surface area contributed by atoms with Crippen LogP contribution < -0.4 is 5.32 Å². The zero-order chi connectivity index (χ0) is 10.2. The Labute approximate surface area is 91.5 Å². The predicted molar refractivity (Wildman–Crippen MR) is 64.0 cm³/mol. The van der Waals surface area contributed by atoms with Crippen LogP contribution in [0.3, 0.4) is 0 Å². The van der Waals surface area contributed by atoms with Gasteiger partial charge in [0, 0.05) is 18.3 Å². The SMILES string of the molecule is C=C(C)COCCN[C@H]1CCCSC1. The van der Waals surface area contributed by atoms with Crippen molar-refractivity contribution in [2.24, 2.45) is 0 Å². The molecule has 0 spiro atoms. The van der Waals surface area contributed by atoms with Gasteiger partial charge in [0.25, 0.3) is 0 Å². The molecule has 0 aromatic carbocycles. The quantitative estimate of drug-likeness (QED) is 0.541. The number of nitrogens with one attached hydrogen (secondary N) is 1. The summed E-state index contributed by atoms with van der Waals surface area (Å²) in [6.07, 6.45) is 2.68. The summed E-state index contributed by atoms with van der Waals surface area (Å²) in [5.74, 6) is 2.60. The Hall–Kier alpha value is 0.0100. The highest BCUT2D eigenvalue weighted by Crippen LogP contribution is 2.16. The van der Waals surface area contributed by atoms with Gasteiger partial charge in [0.15, 0.2) is 0 Å². The van der Waals surface area contributed by atoms with Crippen molar-refractivity contribution < 1.29 is 4.74 Å². The monoisotopic (exact) mass is 215 g/mol. The maximum atomic E-state index is 5.42. The fourth-order valence-corrected chi connectivity index (χ4v) is 2.59. The largest absolute Gasteiger partial charge is 0.376 e. The van der Waals surface area contributed by atoms with Crippen molar-refractivity contribution in [1.82, 2.24) is 5.32 Å². The van der Waals surface area contributed by atoms with E-state index in [-0.39, 0.29) is 0 Å². The van der Waals surface area contributed by atoms with Crippen molar-refractivity contribution in [3.8, 4) is 0 Å². The number of rotatable bonds is 6. The molecule has 1 heterocycles. The van der Waals surface area contributed by atoms with Gasteiger partial charge in [-0.15, -0.1) is 0 Å². The van der Waals surface area contributed by atoms with Gasteiger partial charge in [-0.3, -0.25) is 0 Å². The maximum absolute atomic E-state index is 5.42. The van der Waals surface area contributed by atoms with Crippen LogP contribution in [0.2, 0.25) is 0 Å². The van der Waals surface area contributed by atoms with Crippen LogP contribution in [0.4, 0.5) is 0 Å². The van der Waals surface area contributed by atoms with Crippen molar-refractivity contribution >= 4 is 11.8 Å². The molecule has 2 nitrogen and oxygen atoms in total. The Balaban J connectivity index is 1.90. The fourth-order valence-electron chi connectivity index (χ4n) is 1.48. The van der Waals surface area contributed by atoms with Gasteiger partial charge in [0.2, 0.25) is 0 Å². The molecule has 0 bridgehead atoms. The van der Waals surface area contributed by atoms with Crippen LogP contribution in [0.15, 0.2) is 12.2 Å². The van der Waals surface area contributed by atoms with Gasteiger partial charge < -0.3 is 10.1 Å². The van der Waals surface area contributed by atoms with E-state index in [1.54, 1.807) is 0 Å². The van der Waals surface area contributed by atoms with Crippen LogP contribution in [-0.2, 0) is 4.74 Å². The number of hydrogen-bond donors (Lipinski definition) is 1. The second kappa shape index (κ2) is 7.32. The average Bonchev–Trinajstić information content (AvgIpc) is 2.18. The van der Waals surface area contributed by atoms with E-state index in [9.17, 15) is 0 Å². The molecule has 1 saturated heterocycles. The smallest absolute Gasteiger partial charge is 0.0672 e. The molecule has 0 saturated carbocycles. The molecule has 1 rings (SSSR count). The van der Waals surface area contributed by atoms with Gasteiger partial charge in [-0.25, -0.2) is 0 Å². The van der Waals surface area contributed by atoms with E-state index in [1.807, 2.05) is 6.92 Å². The molecule has 0 unspecified atom stereocenters. The summed E-state index contributed by atoms with van der Waals surface area (Å²) >= 11 is 2.05. The van der Waals surface area contributed by atoms with E-state index in [0.29, 0.717) is 12.6 Å². The van der Waals surface area contributed by atoms with Gasteiger partial charge in [-0.1, -0.05) is 12.2 Å². The third kappa shape index (κ3) is 5.68. The summed E-state index contributed by atoms with van der Waals surface area (Å²) in [5, 5.41) is 3.52. The molecule has 3 heteroatoms. The van der Waals surface area contributed by atoms with Crippen LogP contribution in [0.5, 0.6) is 0 Å². The van der Waals surface area contributed by atoms with Crippen LogP contribution in [-0.4, -0.2) is 37.3 Å². The van der Waals surface area contributed by atoms with Crippen molar-refractivity contribution in [2.75, 3.05) is 31.3 Å². The van der Waals surface area contributed by atoms with E-state index in [2.05, 4.69) is 23.7 Å². The minimum absolute atomic E-state index is 0.696. The van der Waals surface area contributed by atoms with Crippen LogP contribution in [0, 0.1) is 0 Å². The minimum Gasteiger partial charge on any atom is -0.376 e. The van der Waals surface area contributed by atoms with E-state index >= 15 is 0 Å². The summed E-state index contributed by atoms with van der Waals surface area (Å²) < 4.78 is 5.42. The lowest BCUT2D eigenvalue weighted by atomic mass is 10.2. The molecule has 1 N–H and O–H groups in total. The molecule has 0 amide bonds. The molecule has 0 aromatic heterocycles. The molecule has 1 aliphatic heterocycles. The van der Waals surface area contributed by atoms with Gasteiger partial charge in [-0.05, 0) is 25.5 Å². The summed E-state index contributed by atoms with van der Waals surface area (Å²) in [6, 6.07) is 0.710. The summed E-state index contributed by atoms with van der Waals surface area (Å²) in [7, 11) is 0. The molecule has 82 valence electrons. The zero-order valence-corrected chi connectivity index (χ0v) is 9.87. The Morgan fingerprint density at radius 1 is 1.64 bits per heavy atom. The van der Waals surface area contributed by atoms with E-state index in [4.69, 9.17) is 4.74 Å². The number of ether oxygens (including phenoxy) is 1. The molecule has 1 aliphatic rings. The van der Waals surface area contributed by atoms with Crippen LogP contribution >= 0.6 is 11.8 Å². The first kappa shape index (κ1) is 12.1. The molecular formula is C11H21NOS. The van der Waals surface area contributed by atoms with Crippen LogP contribution in [0.1, 0.15) is 19.8 Å². The molecular weight excluding hydrogens is 194 g/mol. The Kier molecular flexibility index (Phi) is 6.32. The van der Waals surface area contributed by atoms with Crippen molar-refractivity contribution in [2.45, 2.75) is 25.8 Å². The summed E-state index contributed by atoms with van der Waals surface area (Å²) in [5.41, 5.74) is 1.10. The van der Waals surface area contributed by atoms with Crippen molar-refractivity contribution in [3.63, 3.8) is 0 Å². The molecule has 0 radical (unpaired) electrons. The molecule has 14 heavy (non-hydrogen) atoms. The first-order chi connectivity index (χ1) is 6.79. The van der Waals surface area contributed by atoms with Gasteiger partial charge in [0.05, 0.1) is 13.2 Å². The van der Waals surface area contributed by atoms with E-state index in [0.717, 1.165) is 18.7 Å². The van der Waals surface area contributed by atoms with Crippen LogP contribution in [0.25, 0.3) is 0 Å². The lowest BCUT2D eigenvalue weighted by Gasteiger charge is -2.22.